The summed E-state index contributed by atoms with van der Waals surface area (Å²) in [5.41, 5.74) is 7.57. The average Bonchev–Trinajstić information content (AvgIpc) is 3.28. The Morgan fingerprint density at radius 2 is 1.42 bits per heavy atom. The molecule has 0 aliphatic rings. The van der Waals surface area contributed by atoms with E-state index in [1.165, 1.54) is 12.7 Å². The van der Waals surface area contributed by atoms with Crippen molar-refractivity contribution in [2.45, 2.75) is 12.8 Å². The number of rotatable bonds is 9. The molecule has 2 aromatic heterocycles. The highest BCUT2D eigenvalue weighted by molar-refractivity contribution is 5.89. The SMILES string of the molecule is Nc1ncnc2c1ncn2COC(COC(=O)c1ccccc1)COC(=O)c1ccccc1. The lowest BCUT2D eigenvalue weighted by atomic mass is 10.2. The van der Waals surface area contributed by atoms with Crippen LogP contribution in [0.15, 0.2) is 73.3 Å². The van der Waals surface area contributed by atoms with Crippen molar-refractivity contribution in [3.8, 4) is 0 Å². The highest BCUT2D eigenvalue weighted by atomic mass is 16.6. The van der Waals surface area contributed by atoms with Gasteiger partial charge in [0.05, 0.1) is 17.5 Å². The minimum Gasteiger partial charge on any atom is -0.459 e. The topological polar surface area (TPSA) is 131 Å². The van der Waals surface area contributed by atoms with Crippen LogP contribution < -0.4 is 5.73 Å². The molecule has 168 valence electrons. The molecule has 0 bridgehead atoms. The van der Waals surface area contributed by atoms with E-state index in [0.717, 1.165) is 0 Å². The van der Waals surface area contributed by atoms with Gasteiger partial charge in [-0.1, -0.05) is 36.4 Å². The predicted octanol–water partition coefficient (Wildman–Crippen LogP) is 2.47. The number of hydrogen-bond acceptors (Lipinski definition) is 9. The summed E-state index contributed by atoms with van der Waals surface area (Å²) < 4.78 is 18.3. The van der Waals surface area contributed by atoms with Crippen molar-refractivity contribution in [2.75, 3.05) is 18.9 Å². The van der Waals surface area contributed by atoms with Crippen molar-refractivity contribution in [1.82, 2.24) is 19.5 Å². The van der Waals surface area contributed by atoms with E-state index in [0.29, 0.717) is 22.3 Å². The van der Waals surface area contributed by atoms with Crippen LogP contribution in [0.4, 0.5) is 5.82 Å². The normalized spacial score (nSPS) is 10.9. The van der Waals surface area contributed by atoms with Crippen LogP contribution in [0, 0.1) is 0 Å². The number of nitrogens with zero attached hydrogens (tertiary/aromatic N) is 4. The number of carbonyl (C=O) groups is 2. The van der Waals surface area contributed by atoms with Gasteiger partial charge in [0, 0.05) is 0 Å². The Balaban J connectivity index is 1.42. The van der Waals surface area contributed by atoms with E-state index < -0.39 is 18.0 Å². The van der Waals surface area contributed by atoms with Gasteiger partial charge in [0.1, 0.15) is 37.9 Å². The molecule has 0 radical (unpaired) electrons. The first kappa shape index (κ1) is 21.9. The Morgan fingerprint density at radius 3 is 2.00 bits per heavy atom. The molecular formula is C23H21N5O5. The molecule has 0 aliphatic carbocycles. The molecular weight excluding hydrogens is 426 g/mol. The van der Waals surface area contributed by atoms with Crippen LogP contribution in [0.2, 0.25) is 0 Å². The van der Waals surface area contributed by atoms with E-state index >= 15 is 0 Å². The first-order valence-electron chi connectivity index (χ1n) is 10.1. The van der Waals surface area contributed by atoms with E-state index in [4.69, 9.17) is 19.9 Å². The Morgan fingerprint density at radius 1 is 0.848 bits per heavy atom. The van der Waals surface area contributed by atoms with Gasteiger partial charge in [0.2, 0.25) is 0 Å². The molecule has 0 unspecified atom stereocenters. The fourth-order valence-electron chi connectivity index (χ4n) is 2.98. The molecule has 0 fully saturated rings. The lowest BCUT2D eigenvalue weighted by molar-refractivity contribution is -0.0616. The average molecular weight is 447 g/mol. The van der Waals surface area contributed by atoms with Gasteiger partial charge in [0.15, 0.2) is 11.5 Å². The summed E-state index contributed by atoms with van der Waals surface area (Å²) >= 11 is 0. The zero-order chi connectivity index (χ0) is 23.0. The molecule has 2 aromatic carbocycles. The molecule has 0 saturated heterocycles. The Kier molecular flexibility index (Phi) is 6.86. The van der Waals surface area contributed by atoms with Crippen molar-refractivity contribution in [1.29, 1.82) is 0 Å². The van der Waals surface area contributed by atoms with Crippen molar-refractivity contribution < 1.29 is 23.8 Å². The smallest absolute Gasteiger partial charge is 0.338 e. The molecule has 0 aliphatic heterocycles. The Bertz CT molecular complexity index is 1170. The Labute approximate surface area is 188 Å². The number of ether oxygens (including phenoxy) is 3. The molecule has 0 saturated carbocycles. The molecule has 10 nitrogen and oxygen atoms in total. The fraction of sp³-hybridized carbons (Fsp3) is 0.174. The summed E-state index contributed by atoms with van der Waals surface area (Å²) in [5.74, 6) is -0.761. The van der Waals surface area contributed by atoms with Crippen molar-refractivity contribution >= 4 is 28.9 Å². The zero-order valence-corrected chi connectivity index (χ0v) is 17.5. The molecule has 2 heterocycles. The maximum absolute atomic E-state index is 12.3. The molecule has 0 amide bonds. The number of hydrogen-bond donors (Lipinski definition) is 1. The molecule has 33 heavy (non-hydrogen) atoms. The van der Waals surface area contributed by atoms with Gasteiger partial charge >= 0.3 is 11.9 Å². The van der Waals surface area contributed by atoms with Crippen molar-refractivity contribution in [3.05, 3.63) is 84.4 Å². The highest BCUT2D eigenvalue weighted by Gasteiger charge is 2.18. The van der Waals surface area contributed by atoms with Gasteiger partial charge in [-0.15, -0.1) is 0 Å². The van der Waals surface area contributed by atoms with Gasteiger partial charge in [-0.2, -0.15) is 0 Å². The molecule has 4 rings (SSSR count). The van der Waals surface area contributed by atoms with Crippen molar-refractivity contribution in [3.63, 3.8) is 0 Å². The van der Waals surface area contributed by atoms with Crippen LogP contribution in [0.1, 0.15) is 20.7 Å². The minimum absolute atomic E-state index is 0.0173. The summed E-state index contributed by atoms with van der Waals surface area (Å²) in [6, 6.07) is 17.2. The van der Waals surface area contributed by atoms with E-state index in [1.54, 1.807) is 65.2 Å². The van der Waals surface area contributed by atoms with Crippen LogP contribution in [-0.2, 0) is 20.9 Å². The van der Waals surface area contributed by atoms with E-state index in [-0.39, 0.29) is 25.8 Å². The standard InChI is InChI=1S/C23H21N5O5/c24-20-19-21(26-13-25-20)28(14-27-19)15-33-18(11-31-22(29)16-7-3-1-4-8-16)12-32-23(30)17-9-5-2-6-10-17/h1-10,13-14,18H,11-12,15H2,(H2,24,25,26). The lowest BCUT2D eigenvalue weighted by Gasteiger charge is -2.18. The quantitative estimate of drug-likeness (QED) is 0.384. The lowest BCUT2D eigenvalue weighted by Crippen LogP contribution is -2.29. The summed E-state index contributed by atoms with van der Waals surface area (Å²) in [6.07, 6.45) is 2.11. The summed E-state index contributed by atoms with van der Waals surface area (Å²) in [6.45, 7) is -0.234. The van der Waals surface area contributed by atoms with Crippen LogP contribution in [0.25, 0.3) is 11.2 Å². The van der Waals surface area contributed by atoms with Crippen molar-refractivity contribution in [2.24, 2.45) is 0 Å². The monoisotopic (exact) mass is 447 g/mol. The summed E-state index contributed by atoms with van der Waals surface area (Å²) in [7, 11) is 0. The second-order valence-corrected chi connectivity index (χ2v) is 6.99. The van der Waals surface area contributed by atoms with Crippen LogP contribution in [0.3, 0.4) is 0 Å². The fourth-order valence-corrected chi connectivity index (χ4v) is 2.98. The second-order valence-electron chi connectivity index (χ2n) is 6.99. The first-order valence-corrected chi connectivity index (χ1v) is 10.1. The van der Waals surface area contributed by atoms with Gasteiger partial charge in [-0.05, 0) is 24.3 Å². The van der Waals surface area contributed by atoms with Gasteiger partial charge < -0.3 is 19.9 Å². The minimum atomic E-state index is -0.734. The molecule has 10 heteroatoms. The number of benzene rings is 2. The maximum Gasteiger partial charge on any atom is 0.338 e. The molecule has 4 aromatic rings. The largest absolute Gasteiger partial charge is 0.459 e. The molecule has 0 atom stereocenters. The Hall–Kier alpha value is -4.31. The number of nitrogen functional groups attached to an aromatic ring is 1. The number of carbonyl (C=O) groups excluding carboxylic acids is 2. The third-order valence-electron chi connectivity index (χ3n) is 4.70. The van der Waals surface area contributed by atoms with E-state index in [9.17, 15) is 9.59 Å². The molecule has 0 spiro atoms. The number of aromatic nitrogens is 4. The highest BCUT2D eigenvalue weighted by Crippen LogP contribution is 2.15. The second kappa shape index (κ2) is 10.3. The third kappa shape index (κ3) is 5.49. The third-order valence-corrected chi connectivity index (χ3v) is 4.70. The number of esters is 2. The van der Waals surface area contributed by atoms with Crippen LogP contribution >= 0.6 is 0 Å². The van der Waals surface area contributed by atoms with Crippen LogP contribution in [0.5, 0.6) is 0 Å². The summed E-state index contributed by atoms with van der Waals surface area (Å²) in [4.78, 5) is 36.9. The van der Waals surface area contributed by atoms with Gasteiger partial charge in [-0.3, -0.25) is 4.57 Å². The molecule has 2 N–H and O–H groups in total. The van der Waals surface area contributed by atoms with E-state index in [1.807, 2.05) is 0 Å². The van der Waals surface area contributed by atoms with E-state index in [2.05, 4.69) is 15.0 Å². The maximum atomic E-state index is 12.3. The number of nitrogens with two attached hydrogens (primary N) is 1. The predicted molar refractivity (Wildman–Crippen MR) is 118 cm³/mol. The number of anilines is 1. The zero-order valence-electron chi connectivity index (χ0n) is 17.5. The summed E-state index contributed by atoms with van der Waals surface area (Å²) in [5, 5.41) is 0. The van der Waals surface area contributed by atoms with Crippen LogP contribution in [-0.4, -0.2) is 50.8 Å². The van der Waals surface area contributed by atoms with Gasteiger partial charge in [0.25, 0.3) is 0 Å². The number of imidazole rings is 1. The van der Waals surface area contributed by atoms with Gasteiger partial charge in [-0.25, -0.2) is 24.5 Å². The first-order chi connectivity index (χ1) is 16.1. The number of fused-ring (bicyclic) bond motifs is 1.